The minimum absolute atomic E-state index is 0.422. The fraction of sp³-hybridized carbons (Fsp3) is 0.143. The molecule has 0 aliphatic carbocycles. The fourth-order valence-electron chi connectivity index (χ4n) is 2.89. The van der Waals surface area contributed by atoms with Crippen LogP contribution in [0.25, 0.3) is 22.3 Å². The molecule has 6 heteroatoms. The SMILES string of the molecule is COc1ccc(-c2cc3[nH]cnc3c(OCc3ccccc3)n2)cc1OC. The Morgan fingerprint density at radius 1 is 0.926 bits per heavy atom. The number of H-pyrrole nitrogens is 1. The number of nitrogens with one attached hydrogen (secondary N) is 1. The Bertz CT molecular complexity index is 1060. The molecule has 4 aromatic rings. The molecule has 4 rings (SSSR count). The number of aromatic amines is 1. The summed E-state index contributed by atoms with van der Waals surface area (Å²) in [6, 6.07) is 17.6. The molecular weight excluding hydrogens is 342 g/mol. The van der Waals surface area contributed by atoms with Gasteiger partial charge in [0, 0.05) is 5.56 Å². The Morgan fingerprint density at radius 2 is 1.74 bits per heavy atom. The molecule has 0 spiro atoms. The summed E-state index contributed by atoms with van der Waals surface area (Å²) in [4.78, 5) is 12.2. The maximum atomic E-state index is 5.98. The first-order valence-corrected chi connectivity index (χ1v) is 8.51. The summed E-state index contributed by atoms with van der Waals surface area (Å²) in [5.74, 6) is 1.81. The van der Waals surface area contributed by atoms with Gasteiger partial charge in [0.2, 0.25) is 5.88 Å². The topological polar surface area (TPSA) is 69.3 Å². The van der Waals surface area contributed by atoms with Gasteiger partial charge in [-0.1, -0.05) is 30.3 Å². The second kappa shape index (κ2) is 7.37. The molecule has 0 amide bonds. The average Bonchev–Trinajstić information content (AvgIpc) is 3.21. The minimum Gasteiger partial charge on any atom is -0.493 e. The van der Waals surface area contributed by atoms with Crippen molar-refractivity contribution in [2.24, 2.45) is 0 Å². The van der Waals surface area contributed by atoms with E-state index in [1.54, 1.807) is 20.5 Å². The van der Waals surface area contributed by atoms with Gasteiger partial charge in [0.15, 0.2) is 17.0 Å². The van der Waals surface area contributed by atoms with E-state index < -0.39 is 0 Å². The molecule has 0 saturated carbocycles. The summed E-state index contributed by atoms with van der Waals surface area (Å²) >= 11 is 0. The zero-order valence-electron chi connectivity index (χ0n) is 15.1. The van der Waals surface area contributed by atoms with Gasteiger partial charge in [0.05, 0.1) is 31.8 Å². The third kappa shape index (κ3) is 3.42. The van der Waals surface area contributed by atoms with E-state index in [2.05, 4.69) is 15.0 Å². The van der Waals surface area contributed by atoms with Crippen molar-refractivity contribution in [1.82, 2.24) is 15.0 Å². The van der Waals surface area contributed by atoms with E-state index in [9.17, 15) is 0 Å². The molecule has 2 aromatic heterocycles. The maximum absolute atomic E-state index is 5.98. The van der Waals surface area contributed by atoms with Crippen LogP contribution in [0.2, 0.25) is 0 Å². The highest BCUT2D eigenvalue weighted by Gasteiger charge is 2.13. The Hall–Kier alpha value is -3.54. The summed E-state index contributed by atoms with van der Waals surface area (Å²) < 4.78 is 16.7. The standard InChI is InChI=1S/C21H19N3O3/c1-25-18-9-8-15(10-19(18)26-2)16-11-17-20(23-13-22-17)21(24-16)27-12-14-6-4-3-5-7-14/h3-11,13H,12H2,1-2H3,(H,22,23). The number of ether oxygens (including phenoxy) is 3. The number of rotatable bonds is 6. The van der Waals surface area contributed by atoms with E-state index in [-0.39, 0.29) is 0 Å². The first-order valence-electron chi connectivity index (χ1n) is 8.51. The number of aromatic nitrogens is 3. The van der Waals surface area contributed by atoms with Crippen LogP contribution in [0.4, 0.5) is 0 Å². The molecule has 2 aromatic carbocycles. The number of fused-ring (bicyclic) bond motifs is 1. The van der Waals surface area contributed by atoms with Crippen LogP contribution < -0.4 is 14.2 Å². The normalized spacial score (nSPS) is 10.7. The van der Waals surface area contributed by atoms with Gasteiger partial charge in [-0.25, -0.2) is 9.97 Å². The molecule has 6 nitrogen and oxygen atoms in total. The van der Waals surface area contributed by atoms with Gasteiger partial charge in [-0.2, -0.15) is 0 Å². The summed E-state index contributed by atoms with van der Waals surface area (Å²) in [7, 11) is 3.23. The van der Waals surface area contributed by atoms with Gasteiger partial charge >= 0.3 is 0 Å². The van der Waals surface area contributed by atoms with E-state index in [1.165, 1.54) is 0 Å². The third-order valence-electron chi connectivity index (χ3n) is 4.27. The van der Waals surface area contributed by atoms with Gasteiger partial charge in [-0.3, -0.25) is 0 Å². The Labute approximate surface area is 156 Å². The molecule has 0 atom stereocenters. The molecule has 1 N–H and O–H groups in total. The molecule has 27 heavy (non-hydrogen) atoms. The number of nitrogens with zero attached hydrogens (tertiary/aromatic N) is 2. The van der Waals surface area contributed by atoms with Crippen LogP contribution in [0, 0.1) is 0 Å². The molecule has 0 unspecified atom stereocenters. The summed E-state index contributed by atoms with van der Waals surface area (Å²) in [6.45, 7) is 0.422. The number of methoxy groups -OCH3 is 2. The molecule has 0 fully saturated rings. The smallest absolute Gasteiger partial charge is 0.243 e. The van der Waals surface area contributed by atoms with Crippen LogP contribution in [0.3, 0.4) is 0 Å². The predicted octanol–water partition coefficient (Wildman–Crippen LogP) is 4.22. The highest BCUT2D eigenvalue weighted by Crippen LogP contribution is 2.34. The second-order valence-corrected chi connectivity index (χ2v) is 5.96. The molecular formula is C21H19N3O3. The van der Waals surface area contributed by atoms with Gasteiger partial charge in [-0.15, -0.1) is 0 Å². The summed E-state index contributed by atoms with van der Waals surface area (Å²) in [5.41, 5.74) is 4.29. The van der Waals surface area contributed by atoms with Crippen molar-refractivity contribution >= 4 is 11.0 Å². The van der Waals surface area contributed by atoms with Crippen LogP contribution >= 0.6 is 0 Å². The van der Waals surface area contributed by atoms with E-state index in [0.29, 0.717) is 29.5 Å². The number of hydrogen-bond acceptors (Lipinski definition) is 5. The van der Waals surface area contributed by atoms with E-state index in [0.717, 1.165) is 22.3 Å². The highest BCUT2D eigenvalue weighted by atomic mass is 16.5. The van der Waals surface area contributed by atoms with Crippen molar-refractivity contribution in [2.75, 3.05) is 14.2 Å². The Morgan fingerprint density at radius 3 is 2.52 bits per heavy atom. The second-order valence-electron chi connectivity index (χ2n) is 5.96. The van der Waals surface area contributed by atoms with Crippen molar-refractivity contribution in [3.8, 4) is 28.6 Å². The maximum Gasteiger partial charge on any atom is 0.243 e. The summed E-state index contributed by atoms with van der Waals surface area (Å²) in [5, 5.41) is 0. The van der Waals surface area contributed by atoms with E-state index >= 15 is 0 Å². The van der Waals surface area contributed by atoms with Crippen molar-refractivity contribution in [3.63, 3.8) is 0 Å². The first kappa shape index (κ1) is 16.9. The van der Waals surface area contributed by atoms with Crippen LogP contribution in [-0.4, -0.2) is 29.2 Å². The highest BCUT2D eigenvalue weighted by molar-refractivity contribution is 5.84. The molecule has 0 radical (unpaired) electrons. The van der Waals surface area contributed by atoms with Crippen LogP contribution in [0.1, 0.15) is 5.56 Å². The molecule has 0 saturated heterocycles. The molecule has 0 aliphatic rings. The lowest BCUT2D eigenvalue weighted by Gasteiger charge is -2.11. The van der Waals surface area contributed by atoms with E-state index in [4.69, 9.17) is 14.2 Å². The average molecular weight is 361 g/mol. The minimum atomic E-state index is 0.422. The predicted molar refractivity (Wildman–Crippen MR) is 103 cm³/mol. The zero-order valence-corrected chi connectivity index (χ0v) is 15.1. The molecule has 0 aliphatic heterocycles. The van der Waals surface area contributed by atoms with Crippen molar-refractivity contribution in [3.05, 3.63) is 66.5 Å². The number of imidazole rings is 1. The zero-order chi connectivity index (χ0) is 18.6. The van der Waals surface area contributed by atoms with Crippen LogP contribution in [0.5, 0.6) is 17.4 Å². The van der Waals surface area contributed by atoms with Gasteiger partial charge < -0.3 is 19.2 Å². The van der Waals surface area contributed by atoms with Crippen molar-refractivity contribution < 1.29 is 14.2 Å². The first-order chi connectivity index (χ1) is 13.3. The number of benzene rings is 2. The molecule has 0 bridgehead atoms. The third-order valence-corrected chi connectivity index (χ3v) is 4.27. The fourth-order valence-corrected chi connectivity index (χ4v) is 2.89. The quantitative estimate of drug-likeness (QED) is 0.557. The molecule has 136 valence electrons. The molecule has 2 heterocycles. The Balaban J connectivity index is 1.72. The van der Waals surface area contributed by atoms with Crippen molar-refractivity contribution in [1.29, 1.82) is 0 Å². The van der Waals surface area contributed by atoms with E-state index in [1.807, 2.05) is 54.6 Å². The van der Waals surface area contributed by atoms with Gasteiger partial charge in [0.25, 0.3) is 0 Å². The lowest BCUT2D eigenvalue weighted by atomic mass is 10.1. The lowest BCUT2D eigenvalue weighted by molar-refractivity contribution is 0.298. The van der Waals surface area contributed by atoms with Gasteiger partial charge in [0.1, 0.15) is 6.61 Å². The monoisotopic (exact) mass is 361 g/mol. The number of pyridine rings is 1. The Kier molecular flexibility index (Phi) is 4.61. The van der Waals surface area contributed by atoms with Crippen LogP contribution in [0.15, 0.2) is 60.9 Å². The number of hydrogen-bond donors (Lipinski definition) is 1. The lowest BCUT2D eigenvalue weighted by Crippen LogP contribution is -1.99. The van der Waals surface area contributed by atoms with Crippen LogP contribution in [-0.2, 0) is 6.61 Å². The largest absolute Gasteiger partial charge is 0.493 e. The van der Waals surface area contributed by atoms with Crippen molar-refractivity contribution in [2.45, 2.75) is 6.61 Å². The van der Waals surface area contributed by atoms with Gasteiger partial charge in [-0.05, 0) is 29.8 Å². The summed E-state index contributed by atoms with van der Waals surface area (Å²) in [6.07, 6.45) is 1.64.